The molecule has 3 atom stereocenters. The minimum Gasteiger partial charge on any atom is -0.468 e. The van der Waals surface area contributed by atoms with Crippen molar-refractivity contribution in [1.29, 1.82) is 0 Å². The molecule has 2 rings (SSSR count). The van der Waals surface area contributed by atoms with Gasteiger partial charge in [0.05, 0.1) is 7.11 Å². The monoisotopic (exact) mass is 226 g/mol. The summed E-state index contributed by atoms with van der Waals surface area (Å²) in [5.74, 6) is -1.45. The summed E-state index contributed by atoms with van der Waals surface area (Å²) in [6.45, 7) is 0. The summed E-state index contributed by atoms with van der Waals surface area (Å²) in [6, 6.07) is 0. The fourth-order valence-corrected chi connectivity index (χ4v) is 2.80. The fraction of sp³-hybridized carbons (Fsp3) is 0.833. The van der Waals surface area contributed by atoms with Gasteiger partial charge >= 0.3 is 11.9 Å². The Kier molecular flexibility index (Phi) is 3.46. The van der Waals surface area contributed by atoms with Gasteiger partial charge in [0.1, 0.15) is 6.10 Å². The van der Waals surface area contributed by atoms with E-state index < -0.39 is 11.9 Å². The summed E-state index contributed by atoms with van der Waals surface area (Å²) in [5.41, 5.74) is 0. The van der Waals surface area contributed by atoms with E-state index in [1.807, 2.05) is 0 Å². The number of fused-ring (bicyclic) bond motifs is 1. The van der Waals surface area contributed by atoms with E-state index in [0.717, 1.165) is 25.7 Å². The molecule has 1 aliphatic carbocycles. The van der Waals surface area contributed by atoms with Gasteiger partial charge in [-0.25, -0.2) is 0 Å². The predicted molar refractivity (Wildman–Crippen MR) is 56.6 cm³/mol. The Morgan fingerprint density at radius 3 is 2.62 bits per heavy atom. The summed E-state index contributed by atoms with van der Waals surface area (Å²) in [6.07, 6.45) is 6.28. The average Bonchev–Trinajstić information content (AvgIpc) is 2.54. The van der Waals surface area contributed by atoms with E-state index >= 15 is 0 Å². The second-order valence-electron chi connectivity index (χ2n) is 4.63. The van der Waals surface area contributed by atoms with Gasteiger partial charge in [0.25, 0.3) is 0 Å². The number of methoxy groups -OCH3 is 1. The Hall–Kier alpha value is -1.06. The summed E-state index contributed by atoms with van der Waals surface area (Å²) < 4.78 is 9.98. The zero-order valence-electron chi connectivity index (χ0n) is 9.61. The van der Waals surface area contributed by atoms with Crippen LogP contribution in [-0.2, 0) is 19.1 Å². The lowest BCUT2D eigenvalue weighted by molar-refractivity contribution is -0.155. The van der Waals surface area contributed by atoms with Crippen LogP contribution in [0.15, 0.2) is 0 Å². The maximum absolute atomic E-state index is 11.6. The van der Waals surface area contributed by atoms with Gasteiger partial charge in [-0.15, -0.1) is 0 Å². The molecular formula is C12H18O4. The van der Waals surface area contributed by atoms with Crippen LogP contribution in [0.2, 0.25) is 0 Å². The van der Waals surface area contributed by atoms with Gasteiger partial charge < -0.3 is 9.47 Å². The third-order valence-corrected chi connectivity index (χ3v) is 3.66. The SMILES string of the molecule is COC(=O)[C@@H]1C(=O)O[C@H]2CCCCCC[C@H]12. The molecule has 1 saturated heterocycles. The van der Waals surface area contributed by atoms with Crippen LogP contribution in [0, 0.1) is 11.8 Å². The first-order chi connectivity index (χ1) is 7.74. The third kappa shape index (κ3) is 2.06. The van der Waals surface area contributed by atoms with E-state index in [-0.39, 0.29) is 18.0 Å². The molecule has 0 aromatic carbocycles. The van der Waals surface area contributed by atoms with Gasteiger partial charge in [0.2, 0.25) is 0 Å². The molecule has 0 unspecified atom stereocenters. The number of esters is 2. The molecule has 4 nitrogen and oxygen atoms in total. The van der Waals surface area contributed by atoms with Crippen LogP contribution in [0.1, 0.15) is 38.5 Å². The fourth-order valence-electron chi connectivity index (χ4n) is 2.80. The number of hydrogen-bond donors (Lipinski definition) is 0. The van der Waals surface area contributed by atoms with Crippen molar-refractivity contribution in [3.05, 3.63) is 0 Å². The third-order valence-electron chi connectivity index (χ3n) is 3.66. The number of hydrogen-bond acceptors (Lipinski definition) is 4. The minimum absolute atomic E-state index is 0.0419. The molecule has 0 radical (unpaired) electrons. The summed E-state index contributed by atoms with van der Waals surface area (Å²) in [5, 5.41) is 0. The van der Waals surface area contributed by atoms with Crippen molar-refractivity contribution < 1.29 is 19.1 Å². The largest absolute Gasteiger partial charge is 0.468 e. The number of carbonyl (C=O) groups excluding carboxylic acids is 2. The topological polar surface area (TPSA) is 52.6 Å². The quantitative estimate of drug-likeness (QED) is 0.504. The van der Waals surface area contributed by atoms with E-state index in [9.17, 15) is 9.59 Å². The van der Waals surface area contributed by atoms with E-state index in [1.165, 1.54) is 20.0 Å². The number of carbonyl (C=O) groups is 2. The Bertz CT molecular complexity index is 287. The van der Waals surface area contributed by atoms with Crippen molar-refractivity contribution in [3.8, 4) is 0 Å². The molecule has 4 heteroatoms. The Morgan fingerprint density at radius 2 is 1.94 bits per heavy atom. The van der Waals surface area contributed by atoms with Gasteiger partial charge in [0.15, 0.2) is 5.92 Å². The molecule has 2 fully saturated rings. The van der Waals surface area contributed by atoms with Crippen molar-refractivity contribution in [2.75, 3.05) is 7.11 Å². The molecule has 0 N–H and O–H groups in total. The first-order valence-corrected chi connectivity index (χ1v) is 6.02. The van der Waals surface area contributed by atoms with Crippen LogP contribution in [0.4, 0.5) is 0 Å². The lowest BCUT2D eigenvalue weighted by Crippen LogP contribution is -2.29. The molecular weight excluding hydrogens is 208 g/mol. The molecule has 1 aliphatic heterocycles. The first kappa shape index (κ1) is 11.4. The predicted octanol–water partition coefficient (Wildman–Crippen LogP) is 1.67. The van der Waals surface area contributed by atoms with Crippen LogP contribution >= 0.6 is 0 Å². The van der Waals surface area contributed by atoms with Gasteiger partial charge in [-0.3, -0.25) is 9.59 Å². The van der Waals surface area contributed by atoms with Crippen molar-refractivity contribution in [3.63, 3.8) is 0 Å². The maximum Gasteiger partial charge on any atom is 0.321 e. The zero-order chi connectivity index (χ0) is 11.5. The highest BCUT2D eigenvalue weighted by atomic mass is 16.6. The summed E-state index contributed by atoms with van der Waals surface area (Å²) >= 11 is 0. The molecule has 90 valence electrons. The smallest absolute Gasteiger partial charge is 0.321 e. The van der Waals surface area contributed by atoms with Crippen molar-refractivity contribution in [2.45, 2.75) is 44.6 Å². The molecule has 2 aliphatic rings. The zero-order valence-corrected chi connectivity index (χ0v) is 9.61. The highest BCUT2D eigenvalue weighted by molar-refractivity contribution is 5.96. The van der Waals surface area contributed by atoms with Crippen LogP contribution in [0.3, 0.4) is 0 Å². The second kappa shape index (κ2) is 4.85. The maximum atomic E-state index is 11.6. The number of rotatable bonds is 1. The Balaban J connectivity index is 2.12. The van der Waals surface area contributed by atoms with E-state index in [1.54, 1.807) is 0 Å². The van der Waals surface area contributed by atoms with Crippen LogP contribution in [-0.4, -0.2) is 25.2 Å². The van der Waals surface area contributed by atoms with Crippen molar-refractivity contribution in [1.82, 2.24) is 0 Å². The highest BCUT2D eigenvalue weighted by Crippen LogP contribution is 2.37. The minimum atomic E-state index is -0.673. The highest BCUT2D eigenvalue weighted by Gasteiger charge is 2.48. The van der Waals surface area contributed by atoms with Gasteiger partial charge in [-0.05, 0) is 19.3 Å². The van der Waals surface area contributed by atoms with Crippen molar-refractivity contribution >= 4 is 11.9 Å². The molecule has 1 saturated carbocycles. The molecule has 0 aromatic rings. The molecule has 0 aromatic heterocycles. The standard InChI is InChI=1S/C12H18O4/c1-15-11(13)10-8-6-4-2-3-5-7-9(8)16-12(10)14/h8-10H,2-7H2,1H3/t8-,9-,10+/m0/s1. The van der Waals surface area contributed by atoms with Crippen molar-refractivity contribution in [2.24, 2.45) is 11.8 Å². The van der Waals surface area contributed by atoms with Gasteiger partial charge in [0, 0.05) is 5.92 Å². The Morgan fingerprint density at radius 1 is 1.25 bits per heavy atom. The summed E-state index contributed by atoms with van der Waals surface area (Å²) in [7, 11) is 1.33. The molecule has 1 heterocycles. The lowest BCUT2D eigenvalue weighted by atomic mass is 9.82. The van der Waals surface area contributed by atoms with Crippen LogP contribution in [0.25, 0.3) is 0 Å². The normalized spacial score (nSPS) is 34.6. The molecule has 16 heavy (non-hydrogen) atoms. The Labute approximate surface area is 95.3 Å². The van der Waals surface area contributed by atoms with Gasteiger partial charge in [-0.1, -0.05) is 19.3 Å². The second-order valence-corrected chi connectivity index (χ2v) is 4.63. The number of ether oxygens (including phenoxy) is 2. The van der Waals surface area contributed by atoms with Crippen LogP contribution < -0.4 is 0 Å². The average molecular weight is 226 g/mol. The van der Waals surface area contributed by atoms with E-state index in [4.69, 9.17) is 4.74 Å². The van der Waals surface area contributed by atoms with Crippen LogP contribution in [0.5, 0.6) is 0 Å². The first-order valence-electron chi connectivity index (χ1n) is 6.02. The molecule has 0 amide bonds. The summed E-state index contributed by atoms with van der Waals surface area (Å²) in [4.78, 5) is 23.2. The lowest BCUT2D eigenvalue weighted by Gasteiger charge is -2.22. The molecule has 0 bridgehead atoms. The van der Waals surface area contributed by atoms with E-state index in [0.29, 0.717) is 0 Å². The molecule has 0 spiro atoms. The van der Waals surface area contributed by atoms with E-state index in [2.05, 4.69) is 4.74 Å². The van der Waals surface area contributed by atoms with Gasteiger partial charge in [-0.2, -0.15) is 0 Å².